The molecule has 0 radical (unpaired) electrons. The van der Waals surface area contributed by atoms with Gasteiger partial charge in [-0.05, 0) is 24.8 Å². The van der Waals surface area contributed by atoms with E-state index in [0.29, 0.717) is 12.0 Å². The number of rotatable bonds is 0. The molecule has 0 aromatic rings. The molecule has 1 aliphatic carbocycles. The van der Waals surface area contributed by atoms with Gasteiger partial charge in [-0.1, -0.05) is 12.2 Å². The van der Waals surface area contributed by atoms with Crippen LogP contribution in [0.2, 0.25) is 0 Å². The third-order valence-electron chi connectivity index (χ3n) is 2.68. The summed E-state index contributed by atoms with van der Waals surface area (Å²) >= 11 is 0. The average Bonchev–Trinajstić information content (AvgIpc) is 2.36. The minimum atomic E-state index is 0.314. The first-order chi connectivity index (χ1) is 4.88. The second-order valence-corrected chi connectivity index (χ2v) is 3.32. The highest BCUT2D eigenvalue weighted by Crippen LogP contribution is 2.27. The standard InChI is InChI=1S/C8H14N2/c9-8-3-1-2-6-4-10-5-7(6)8/h1,3,6-8,10H,2,4-5,9H2/t6-,7+,8-/m1/s1. The summed E-state index contributed by atoms with van der Waals surface area (Å²) in [6.07, 6.45) is 5.60. The Morgan fingerprint density at radius 2 is 2.30 bits per heavy atom. The van der Waals surface area contributed by atoms with Crippen LogP contribution in [0.1, 0.15) is 6.42 Å². The summed E-state index contributed by atoms with van der Waals surface area (Å²) in [5.74, 6) is 1.53. The Morgan fingerprint density at radius 1 is 1.40 bits per heavy atom. The van der Waals surface area contributed by atoms with Crippen LogP contribution < -0.4 is 11.1 Å². The maximum absolute atomic E-state index is 5.89. The van der Waals surface area contributed by atoms with Crippen LogP contribution >= 0.6 is 0 Å². The van der Waals surface area contributed by atoms with Gasteiger partial charge < -0.3 is 11.1 Å². The predicted octanol–water partition coefficient (Wildman–Crippen LogP) is 0.109. The lowest BCUT2D eigenvalue weighted by Crippen LogP contribution is -2.35. The first-order valence-corrected chi connectivity index (χ1v) is 4.01. The van der Waals surface area contributed by atoms with Crippen molar-refractivity contribution in [3.05, 3.63) is 12.2 Å². The van der Waals surface area contributed by atoms with E-state index in [1.54, 1.807) is 0 Å². The van der Waals surface area contributed by atoms with Crippen molar-refractivity contribution in [1.82, 2.24) is 5.32 Å². The molecule has 0 amide bonds. The maximum Gasteiger partial charge on any atom is 0.0267 e. The predicted molar refractivity (Wildman–Crippen MR) is 41.6 cm³/mol. The van der Waals surface area contributed by atoms with E-state index in [0.717, 1.165) is 12.5 Å². The molecule has 3 atom stereocenters. The number of nitrogens with one attached hydrogen (secondary N) is 1. The molecular weight excluding hydrogens is 124 g/mol. The van der Waals surface area contributed by atoms with Crippen LogP contribution in [0.5, 0.6) is 0 Å². The van der Waals surface area contributed by atoms with Crippen molar-refractivity contribution in [2.75, 3.05) is 13.1 Å². The first-order valence-electron chi connectivity index (χ1n) is 4.01. The van der Waals surface area contributed by atoms with Gasteiger partial charge in [-0.15, -0.1) is 0 Å². The summed E-state index contributed by atoms with van der Waals surface area (Å²) in [4.78, 5) is 0. The van der Waals surface area contributed by atoms with Crippen LogP contribution in [0.3, 0.4) is 0 Å². The second kappa shape index (κ2) is 2.36. The lowest BCUT2D eigenvalue weighted by atomic mass is 9.83. The number of nitrogens with two attached hydrogens (primary N) is 1. The quantitative estimate of drug-likeness (QED) is 0.466. The van der Waals surface area contributed by atoms with Crippen molar-refractivity contribution in [2.24, 2.45) is 17.6 Å². The molecule has 2 heteroatoms. The van der Waals surface area contributed by atoms with Crippen molar-refractivity contribution in [2.45, 2.75) is 12.5 Å². The molecule has 1 saturated heterocycles. The Labute approximate surface area is 61.5 Å². The molecule has 2 nitrogen and oxygen atoms in total. The molecule has 0 aromatic heterocycles. The van der Waals surface area contributed by atoms with Gasteiger partial charge in [-0.25, -0.2) is 0 Å². The molecular formula is C8H14N2. The molecule has 2 rings (SSSR count). The minimum absolute atomic E-state index is 0.314. The molecule has 1 fully saturated rings. The van der Waals surface area contributed by atoms with Crippen molar-refractivity contribution < 1.29 is 0 Å². The van der Waals surface area contributed by atoms with Gasteiger partial charge >= 0.3 is 0 Å². The van der Waals surface area contributed by atoms with Gasteiger partial charge in [-0.2, -0.15) is 0 Å². The van der Waals surface area contributed by atoms with Crippen molar-refractivity contribution in [3.8, 4) is 0 Å². The third kappa shape index (κ3) is 0.879. The Bertz CT molecular complexity index is 153. The normalized spacial score (nSPS) is 45.5. The largest absolute Gasteiger partial charge is 0.324 e. The zero-order valence-electron chi connectivity index (χ0n) is 6.09. The summed E-state index contributed by atoms with van der Waals surface area (Å²) in [5, 5.41) is 3.37. The van der Waals surface area contributed by atoms with E-state index in [9.17, 15) is 0 Å². The lowest BCUT2D eigenvalue weighted by Gasteiger charge is -2.25. The van der Waals surface area contributed by atoms with Crippen LogP contribution in [0, 0.1) is 11.8 Å². The molecule has 56 valence electrons. The topological polar surface area (TPSA) is 38.0 Å². The fourth-order valence-corrected chi connectivity index (χ4v) is 2.02. The summed E-state index contributed by atoms with van der Waals surface area (Å²) in [5.41, 5.74) is 5.89. The first kappa shape index (κ1) is 6.38. The van der Waals surface area contributed by atoms with E-state index in [1.165, 1.54) is 13.0 Å². The van der Waals surface area contributed by atoms with Crippen LogP contribution in [0.15, 0.2) is 12.2 Å². The molecule has 1 aliphatic heterocycles. The molecule has 0 aromatic carbocycles. The summed E-state index contributed by atoms with van der Waals surface area (Å²) in [6, 6.07) is 0.314. The zero-order chi connectivity index (χ0) is 6.97. The fraction of sp³-hybridized carbons (Fsp3) is 0.750. The van der Waals surface area contributed by atoms with Gasteiger partial charge in [-0.3, -0.25) is 0 Å². The molecule has 3 N–H and O–H groups in total. The highest BCUT2D eigenvalue weighted by Gasteiger charge is 2.31. The minimum Gasteiger partial charge on any atom is -0.324 e. The van der Waals surface area contributed by atoms with Gasteiger partial charge in [0, 0.05) is 12.6 Å². The third-order valence-corrected chi connectivity index (χ3v) is 2.68. The van der Waals surface area contributed by atoms with Gasteiger partial charge in [0.25, 0.3) is 0 Å². The van der Waals surface area contributed by atoms with Gasteiger partial charge in [0.2, 0.25) is 0 Å². The highest BCUT2D eigenvalue weighted by molar-refractivity contribution is 5.06. The van der Waals surface area contributed by atoms with E-state index >= 15 is 0 Å². The van der Waals surface area contributed by atoms with E-state index < -0.39 is 0 Å². The smallest absolute Gasteiger partial charge is 0.0267 e. The highest BCUT2D eigenvalue weighted by atomic mass is 14.9. The SMILES string of the molecule is N[C@@H]1C=CC[C@@H]2CNC[C@@H]21. The summed E-state index contributed by atoms with van der Waals surface area (Å²) < 4.78 is 0. The van der Waals surface area contributed by atoms with Gasteiger partial charge in [0.15, 0.2) is 0 Å². The van der Waals surface area contributed by atoms with Crippen LogP contribution in [0.25, 0.3) is 0 Å². The Kier molecular flexibility index (Phi) is 1.51. The Morgan fingerprint density at radius 3 is 3.10 bits per heavy atom. The van der Waals surface area contributed by atoms with Crippen molar-refractivity contribution in [3.63, 3.8) is 0 Å². The maximum atomic E-state index is 5.89. The van der Waals surface area contributed by atoms with Gasteiger partial charge in [0.1, 0.15) is 0 Å². The van der Waals surface area contributed by atoms with Crippen LogP contribution in [0.4, 0.5) is 0 Å². The Balaban J connectivity index is 2.13. The number of allylic oxidation sites excluding steroid dienone is 1. The summed E-state index contributed by atoms with van der Waals surface area (Å²) in [7, 11) is 0. The van der Waals surface area contributed by atoms with Crippen LogP contribution in [-0.2, 0) is 0 Å². The number of hydrogen-bond donors (Lipinski definition) is 2. The zero-order valence-corrected chi connectivity index (χ0v) is 6.09. The molecule has 0 bridgehead atoms. The molecule has 0 unspecified atom stereocenters. The van der Waals surface area contributed by atoms with E-state index in [2.05, 4.69) is 17.5 Å². The van der Waals surface area contributed by atoms with E-state index in [-0.39, 0.29) is 0 Å². The number of hydrogen-bond acceptors (Lipinski definition) is 2. The summed E-state index contributed by atoms with van der Waals surface area (Å²) in [6.45, 7) is 2.29. The second-order valence-electron chi connectivity index (χ2n) is 3.32. The van der Waals surface area contributed by atoms with Crippen LogP contribution in [-0.4, -0.2) is 19.1 Å². The van der Waals surface area contributed by atoms with E-state index in [4.69, 9.17) is 5.73 Å². The fourth-order valence-electron chi connectivity index (χ4n) is 2.02. The molecule has 0 saturated carbocycles. The van der Waals surface area contributed by atoms with Crippen molar-refractivity contribution in [1.29, 1.82) is 0 Å². The van der Waals surface area contributed by atoms with E-state index in [1.807, 2.05) is 0 Å². The van der Waals surface area contributed by atoms with Gasteiger partial charge in [0.05, 0.1) is 0 Å². The molecule has 0 spiro atoms. The number of fused-ring (bicyclic) bond motifs is 1. The Hall–Kier alpha value is -0.340. The lowest BCUT2D eigenvalue weighted by molar-refractivity contribution is 0.371. The van der Waals surface area contributed by atoms with Crippen molar-refractivity contribution >= 4 is 0 Å². The average molecular weight is 138 g/mol. The molecule has 10 heavy (non-hydrogen) atoms. The molecule has 1 heterocycles. The monoisotopic (exact) mass is 138 g/mol. The molecule has 2 aliphatic rings.